The van der Waals surface area contributed by atoms with E-state index in [0.29, 0.717) is 11.5 Å². The minimum atomic E-state index is 0.462. The smallest absolute Gasteiger partial charge is 0.0931 e. The molecule has 1 aliphatic carbocycles. The third kappa shape index (κ3) is 4.71. The topological polar surface area (TPSA) is 12.0 Å². The zero-order chi connectivity index (χ0) is 15.5. The third-order valence-corrected chi connectivity index (χ3v) is 6.30. The van der Waals surface area contributed by atoms with Gasteiger partial charge in [0, 0.05) is 10.9 Å². The van der Waals surface area contributed by atoms with Crippen molar-refractivity contribution >= 4 is 22.9 Å². The lowest BCUT2D eigenvalue weighted by molar-refractivity contribution is 0.133. The lowest BCUT2D eigenvalue weighted by Gasteiger charge is -2.39. The van der Waals surface area contributed by atoms with Crippen LogP contribution in [-0.2, 0) is 0 Å². The summed E-state index contributed by atoms with van der Waals surface area (Å²) >= 11 is 7.90. The molecule has 0 aliphatic heterocycles. The van der Waals surface area contributed by atoms with Crippen LogP contribution < -0.4 is 5.32 Å². The van der Waals surface area contributed by atoms with Gasteiger partial charge in [-0.05, 0) is 68.0 Å². The first-order valence-electron chi connectivity index (χ1n) is 8.40. The van der Waals surface area contributed by atoms with Gasteiger partial charge in [-0.2, -0.15) is 0 Å². The molecule has 1 saturated carbocycles. The van der Waals surface area contributed by atoms with Crippen molar-refractivity contribution in [1.82, 2.24) is 5.32 Å². The maximum absolute atomic E-state index is 6.15. The van der Waals surface area contributed by atoms with Crippen LogP contribution in [0.4, 0.5) is 0 Å². The van der Waals surface area contributed by atoms with Gasteiger partial charge in [0.25, 0.3) is 0 Å². The van der Waals surface area contributed by atoms with E-state index in [1.54, 1.807) is 11.3 Å². The van der Waals surface area contributed by atoms with Crippen LogP contribution in [0.25, 0.3) is 0 Å². The largest absolute Gasteiger partial charge is 0.309 e. The summed E-state index contributed by atoms with van der Waals surface area (Å²) in [6.45, 7) is 10.5. The van der Waals surface area contributed by atoms with E-state index in [-0.39, 0.29) is 0 Å². The molecule has 21 heavy (non-hydrogen) atoms. The monoisotopic (exact) mass is 327 g/mol. The molecule has 0 bridgehead atoms. The van der Waals surface area contributed by atoms with Gasteiger partial charge in [-0.3, -0.25) is 0 Å². The molecule has 1 fully saturated rings. The first-order chi connectivity index (χ1) is 9.91. The second kappa shape index (κ2) is 7.48. The van der Waals surface area contributed by atoms with Crippen LogP contribution >= 0.6 is 22.9 Å². The van der Waals surface area contributed by atoms with E-state index >= 15 is 0 Å². The average Bonchev–Trinajstić information content (AvgIpc) is 2.85. The summed E-state index contributed by atoms with van der Waals surface area (Å²) in [4.78, 5) is 1.42. The summed E-state index contributed by atoms with van der Waals surface area (Å²) in [6, 6.07) is 4.77. The Morgan fingerprint density at radius 3 is 2.38 bits per heavy atom. The zero-order valence-corrected chi connectivity index (χ0v) is 15.5. The van der Waals surface area contributed by atoms with Crippen molar-refractivity contribution < 1.29 is 0 Å². The van der Waals surface area contributed by atoms with Gasteiger partial charge in [0.15, 0.2) is 0 Å². The third-order valence-electron chi connectivity index (χ3n) is 4.98. The molecule has 1 atom stereocenters. The molecule has 2 rings (SSSR count). The highest BCUT2D eigenvalue weighted by molar-refractivity contribution is 7.16. The SMILES string of the molecule is CCCNC(c1ccc(Cl)s1)C1CCC(C(C)(C)C)CC1. The number of thiophene rings is 1. The normalized spacial score (nSPS) is 25.0. The van der Waals surface area contributed by atoms with Crippen molar-refractivity contribution in [3.05, 3.63) is 21.3 Å². The lowest BCUT2D eigenvalue weighted by Crippen LogP contribution is -2.33. The number of hydrogen-bond acceptors (Lipinski definition) is 2. The van der Waals surface area contributed by atoms with Gasteiger partial charge in [0.05, 0.1) is 4.34 Å². The van der Waals surface area contributed by atoms with Crippen LogP contribution in [0.15, 0.2) is 12.1 Å². The number of hydrogen-bond donors (Lipinski definition) is 1. The molecule has 0 aromatic carbocycles. The van der Waals surface area contributed by atoms with Gasteiger partial charge in [0.1, 0.15) is 0 Å². The molecule has 3 heteroatoms. The second-order valence-corrected chi connectivity index (χ2v) is 9.30. The minimum Gasteiger partial charge on any atom is -0.309 e. The molecular formula is C18H30ClNS. The first-order valence-corrected chi connectivity index (χ1v) is 9.60. The predicted octanol–water partition coefficient (Wildman–Crippen LogP) is 6.29. The van der Waals surface area contributed by atoms with Crippen LogP contribution in [-0.4, -0.2) is 6.54 Å². The van der Waals surface area contributed by atoms with Crippen LogP contribution in [0, 0.1) is 17.3 Å². The number of nitrogens with one attached hydrogen (secondary N) is 1. The van der Waals surface area contributed by atoms with Crippen molar-refractivity contribution in [3.8, 4) is 0 Å². The maximum atomic E-state index is 6.15. The van der Waals surface area contributed by atoms with Crippen molar-refractivity contribution in [3.63, 3.8) is 0 Å². The molecule has 0 spiro atoms. The summed E-state index contributed by atoms with van der Waals surface area (Å²) in [5, 5.41) is 3.77. The predicted molar refractivity (Wildman–Crippen MR) is 95.3 cm³/mol. The number of halogens is 1. The highest BCUT2D eigenvalue weighted by atomic mass is 35.5. The zero-order valence-electron chi connectivity index (χ0n) is 13.9. The van der Waals surface area contributed by atoms with E-state index < -0.39 is 0 Å². The van der Waals surface area contributed by atoms with Crippen LogP contribution in [0.3, 0.4) is 0 Å². The summed E-state index contributed by atoms with van der Waals surface area (Å²) in [5.41, 5.74) is 0.462. The van der Waals surface area contributed by atoms with E-state index in [1.807, 2.05) is 6.07 Å². The second-order valence-electron chi connectivity index (χ2n) is 7.55. The van der Waals surface area contributed by atoms with Crippen molar-refractivity contribution in [2.24, 2.45) is 17.3 Å². The van der Waals surface area contributed by atoms with E-state index in [2.05, 4.69) is 39.1 Å². The molecule has 1 heterocycles. The van der Waals surface area contributed by atoms with Crippen molar-refractivity contribution in [2.75, 3.05) is 6.54 Å². The molecule has 120 valence electrons. The van der Waals surface area contributed by atoms with E-state index in [1.165, 1.54) is 37.0 Å². The fourth-order valence-corrected chi connectivity index (χ4v) is 4.84. The van der Waals surface area contributed by atoms with E-state index in [0.717, 1.165) is 22.7 Å². The van der Waals surface area contributed by atoms with Crippen LogP contribution in [0.2, 0.25) is 4.34 Å². The van der Waals surface area contributed by atoms with Gasteiger partial charge < -0.3 is 5.32 Å². The molecule has 1 N–H and O–H groups in total. The molecule has 1 aromatic heterocycles. The lowest BCUT2D eigenvalue weighted by atomic mass is 9.68. The Balaban J connectivity index is 2.02. The molecule has 0 amide bonds. The van der Waals surface area contributed by atoms with Gasteiger partial charge in [-0.25, -0.2) is 0 Å². The molecular weight excluding hydrogens is 298 g/mol. The Hall–Kier alpha value is -0.0500. The van der Waals surface area contributed by atoms with Gasteiger partial charge in [-0.1, -0.05) is 39.3 Å². The van der Waals surface area contributed by atoms with Crippen LogP contribution in [0.5, 0.6) is 0 Å². The Morgan fingerprint density at radius 2 is 1.90 bits per heavy atom. The Bertz CT molecular complexity index is 427. The minimum absolute atomic E-state index is 0.462. The standard InChI is InChI=1S/C18H30ClNS/c1-5-12-20-17(15-10-11-16(19)21-15)13-6-8-14(9-7-13)18(2,3)4/h10-11,13-14,17,20H,5-9,12H2,1-4H3. The molecule has 0 saturated heterocycles. The van der Waals surface area contributed by atoms with Gasteiger partial charge in [-0.15, -0.1) is 11.3 Å². The Kier molecular flexibility index (Phi) is 6.16. The molecule has 1 nitrogen and oxygen atoms in total. The summed E-state index contributed by atoms with van der Waals surface area (Å²) < 4.78 is 0.914. The number of rotatable bonds is 5. The molecule has 1 aromatic rings. The van der Waals surface area contributed by atoms with E-state index in [4.69, 9.17) is 11.6 Å². The highest BCUT2D eigenvalue weighted by Crippen LogP contribution is 2.44. The first kappa shape index (κ1) is 17.3. The van der Waals surface area contributed by atoms with Crippen LogP contribution in [0.1, 0.15) is 70.7 Å². The summed E-state index contributed by atoms with van der Waals surface area (Å²) in [7, 11) is 0. The Labute approximate surface area is 139 Å². The quantitative estimate of drug-likeness (QED) is 0.669. The molecule has 1 aliphatic rings. The van der Waals surface area contributed by atoms with E-state index in [9.17, 15) is 0 Å². The Morgan fingerprint density at radius 1 is 1.24 bits per heavy atom. The summed E-state index contributed by atoms with van der Waals surface area (Å²) in [5.74, 6) is 1.65. The summed E-state index contributed by atoms with van der Waals surface area (Å²) in [6.07, 6.45) is 6.62. The van der Waals surface area contributed by atoms with Gasteiger partial charge in [0.2, 0.25) is 0 Å². The average molecular weight is 328 g/mol. The van der Waals surface area contributed by atoms with Crippen molar-refractivity contribution in [1.29, 1.82) is 0 Å². The molecule has 1 unspecified atom stereocenters. The fraction of sp³-hybridized carbons (Fsp3) is 0.778. The van der Waals surface area contributed by atoms with Crippen molar-refractivity contribution in [2.45, 2.75) is 65.8 Å². The fourth-order valence-electron chi connectivity index (χ4n) is 3.61. The highest BCUT2D eigenvalue weighted by Gasteiger charge is 2.33. The molecule has 0 radical (unpaired) electrons. The maximum Gasteiger partial charge on any atom is 0.0931 e. The van der Waals surface area contributed by atoms with Gasteiger partial charge >= 0.3 is 0 Å².